The molecule has 2 N–H and O–H groups in total. The Hall–Kier alpha value is -1.42. The molecular formula is C17H27N3O. The summed E-state index contributed by atoms with van der Waals surface area (Å²) in [6, 6.07) is 6.84. The van der Waals surface area contributed by atoms with Crippen LogP contribution in [0.2, 0.25) is 0 Å². The molecule has 0 unspecified atom stereocenters. The number of benzene rings is 1. The van der Waals surface area contributed by atoms with Crippen LogP contribution in [0.3, 0.4) is 0 Å². The van der Waals surface area contributed by atoms with E-state index in [4.69, 9.17) is 10.5 Å². The van der Waals surface area contributed by atoms with Gasteiger partial charge in [-0.3, -0.25) is 0 Å². The summed E-state index contributed by atoms with van der Waals surface area (Å²) in [7, 11) is 1.68. The Bertz CT molecular complexity index is 463. The molecule has 0 saturated carbocycles. The average molecular weight is 289 g/mol. The van der Waals surface area contributed by atoms with Gasteiger partial charge in [0.2, 0.25) is 0 Å². The van der Waals surface area contributed by atoms with Crippen LogP contribution in [-0.4, -0.2) is 44.2 Å². The van der Waals surface area contributed by atoms with E-state index in [0.717, 1.165) is 36.3 Å². The zero-order valence-electron chi connectivity index (χ0n) is 13.1. The van der Waals surface area contributed by atoms with Gasteiger partial charge in [-0.25, -0.2) is 0 Å². The molecular weight excluding hydrogens is 262 g/mol. The van der Waals surface area contributed by atoms with Crippen molar-refractivity contribution in [3.63, 3.8) is 0 Å². The van der Waals surface area contributed by atoms with Gasteiger partial charge in [0, 0.05) is 19.1 Å². The van der Waals surface area contributed by atoms with Crippen molar-refractivity contribution >= 4 is 11.4 Å². The van der Waals surface area contributed by atoms with Gasteiger partial charge in [-0.2, -0.15) is 0 Å². The summed E-state index contributed by atoms with van der Waals surface area (Å²) in [5.74, 6) is 0.783. The predicted molar refractivity (Wildman–Crippen MR) is 88.1 cm³/mol. The first-order chi connectivity index (χ1) is 10.3. The van der Waals surface area contributed by atoms with Crippen molar-refractivity contribution in [2.45, 2.75) is 38.1 Å². The lowest BCUT2D eigenvalue weighted by atomic mass is 9.99. The smallest absolute Gasteiger partial charge is 0.143 e. The van der Waals surface area contributed by atoms with E-state index in [1.807, 2.05) is 12.1 Å². The van der Waals surface area contributed by atoms with E-state index in [-0.39, 0.29) is 0 Å². The number of hydrogen-bond donors (Lipinski definition) is 1. The van der Waals surface area contributed by atoms with Crippen molar-refractivity contribution in [2.75, 3.05) is 43.9 Å². The van der Waals surface area contributed by atoms with Crippen LogP contribution in [0.5, 0.6) is 5.75 Å². The van der Waals surface area contributed by atoms with Crippen LogP contribution in [0.15, 0.2) is 18.2 Å². The van der Waals surface area contributed by atoms with E-state index in [2.05, 4.69) is 15.9 Å². The van der Waals surface area contributed by atoms with Crippen molar-refractivity contribution < 1.29 is 4.74 Å². The molecule has 2 aliphatic heterocycles. The fraction of sp³-hybridized carbons (Fsp3) is 0.647. The van der Waals surface area contributed by atoms with Crippen molar-refractivity contribution in [2.24, 2.45) is 0 Å². The number of likely N-dealkylation sites (tertiary alicyclic amines) is 1. The molecule has 0 amide bonds. The molecule has 2 saturated heterocycles. The normalized spacial score (nSPS) is 21.5. The lowest BCUT2D eigenvalue weighted by molar-refractivity contribution is 0.141. The minimum atomic E-state index is 0.772. The number of para-hydroxylation sites is 1. The molecule has 0 aromatic heterocycles. The molecule has 1 aromatic rings. The van der Waals surface area contributed by atoms with Crippen molar-refractivity contribution in [1.29, 1.82) is 0 Å². The number of nitrogens with zero attached hydrogens (tertiary/aromatic N) is 2. The lowest BCUT2D eigenvalue weighted by Gasteiger charge is -2.41. The summed E-state index contributed by atoms with van der Waals surface area (Å²) in [6.07, 6.45) is 6.66. The number of methoxy groups -OCH3 is 1. The van der Waals surface area contributed by atoms with E-state index in [9.17, 15) is 0 Å². The average Bonchev–Trinajstić information content (AvgIpc) is 2.56. The second kappa shape index (κ2) is 6.56. The lowest BCUT2D eigenvalue weighted by Crippen LogP contribution is -2.46. The van der Waals surface area contributed by atoms with Gasteiger partial charge in [0.25, 0.3) is 0 Å². The summed E-state index contributed by atoms with van der Waals surface area (Å²) in [5.41, 5.74) is 8.13. The van der Waals surface area contributed by atoms with Crippen LogP contribution < -0.4 is 15.4 Å². The Balaban J connectivity index is 1.63. The minimum absolute atomic E-state index is 0.772. The topological polar surface area (TPSA) is 41.7 Å². The quantitative estimate of drug-likeness (QED) is 0.869. The molecule has 2 heterocycles. The van der Waals surface area contributed by atoms with E-state index in [1.165, 1.54) is 45.2 Å². The van der Waals surface area contributed by atoms with Crippen LogP contribution in [0.4, 0.5) is 11.4 Å². The molecule has 0 radical (unpaired) electrons. The summed E-state index contributed by atoms with van der Waals surface area (Å²) in [4.78, 5) is 5.12. The number of piperidine rings is 2. The first kappa shape index (κ1) is 14.5. The Kier molecular flexibility index (Phi) is 4.54. The second-order valence-electron chi connectivity index (χ2n) is 6.21. The molecule has 0 spiro atoms. The molecule has 4 nitrogen and oxygen atoms in total. The monoisotopic (exact) mass is 289 g/mol. The van der Waals surface area contributed by atoms with Crippen molar-refractivity contribution in [3.8, 4) is 5.75 Å². The third kappa shape index (κ3) is 3.10. The van der Waals surface area contributed by atoms with Crippen LogP contribution in [0.1, 0.15) is 32.1 Å². The van der Waals surface area contributed by atoms with Gasteiger partial charge in [0.1, 0.15) is 5.75 Å². The van der Waals surface area contributed by atoms with E-state index in [1.54, 1.807) is 7.11 Å². The van der Waals surface area contributed by atoms with Gasteiger partial charge in [-0.1, -0.05) is 12.5 Å². The molecule has 0 bridgehead atoms. The van der Waals surface area contributed by atoms with Crippen LogP contribution in [0, 0.1) is 0 Å². The first-order valence-corrected chi connectivity index (χ1v) is 8.21. The van der Waals surface area contributed by atoms with Crippen LogP contribution in [0.25, 0.3) is 0 Å². The van der Waals surface area contributed by atoms with Crippen molar-refractivity contribution in [1.82, 2.24) is 4.90 Å². The largest absolute Gasteiger partial charge is 0.495 e. The highest BCUT2D eigenvalue weighted by Crippen LogP contribution is 2.34. The first-order valence-electron chi connectivity index (χ1n) is 8.21. The maximum Gasteiger partial charge on any atom is 0.143 e. The maximum atomic E-state index is 6.23. The second-order valence-corrected chi connectivity index (χ2v) is 6.21. The fourth-order valence-electron chi connectivity index (χ4n) is 3.74. The maximum absolute atomic E-state index is 6.23. The highest BCUT2D eigenvalue weighted by atomic mass is 16.5. The molecule has 116 valence electrons. The zero-order chi connectivity index (χ0) is 14.7. The molecule has 21 heavy (non-hydrogen) atoms. The molecule has 2 aliphatic rings. The Morgan fingerprint density at radius 1 is 1.05 bits per heavy atom. The van der Waals surface area contributed by atoms with Gasteiger partial charge < -0.3 is 20.3 Å². The molecule has 0 aliphatic carbocycles. The molecule has 1 aromatic carbocycles. The third-order valence-corrected chi connectivity index (χ3v) is 4.98. The Labute approximate surface area is 127 Å². The van der Waals surface area contributed by atoms with Gasteiger partial charge in [-0.05, 0) is 50.9 Å². The van der Waals surface area contributed by atoms with Crippen molar-refractivity contribution in [3.05, 3.63) is 18.2 Å². The Morgan fingerprint density at radius 2 is 1.76 bits per heavy atom. The van der Waals surface area contributed by atoms with E-state index >= 15 is 0 Å². The number of rotatable bonds is 3. The Morgan fingerprint density at radius 3 is 2.43 bits per heavy atom. The summed E-state index contributed by atoms with van der Waals surface area (Å²) < 4.78 is 5.33. The minimum Gasteiger partial charge on any atom is -0.495 e. The molecule has 4 heteroatoms. The predicted octanol–water partition coefficient (Wildman–Crippen LogP) is 2.73. The highest BCUT2D eigenvalue weighted by Gasteiger charge is 2.26. The molecule has 2 fully saturated rings. The number of hydrogen-bond acceptors (Lipinski definition) is 4. The number of nitrogen functional groups attached to an aromatic ring is 1. The summed E-state index contributed by atoms with van der Waals surface area (Å²) in [6.45, 7) is 4.79. The SMILES string of the molecule is COc1cccc(N2CCC(N3CCCCC3)CC2)c1N. The molecule has 3 rings (SSSR count). The number of nitrogens with two attached hydrogens (primary N) is 1. The van der Waals surface area contributed by atoms with Gasteiger partial charge in [0.05, 0.1) is 18.5 Å². The zero-order valence-corrected chi connectivity index (χ0v) is 13.1. The van der Waals surface area contributed by atoms with E-state index < -0.39 is 0 Å². The highest BCUT2D eigenvalue weighted by molar-refractivity contribution is 5.74. The summed E-state index contributed by atoms with van der Waals surface area (Å²) in [5, 5.41) is 0. The third-order valence-electron chi connectivity index (χ3n) is 4.98. The van der Waals surface area contributed by atoms with E-state index in [0.29, 0.717) is 0 Å². The van der Waals surface area contributed by atoms with Gasteiger partial charge >= 0.3 is 0 Å². The van der Waals surface area contributed by atoms with Crippen LogP contribution >= 0.6 is 0 Å². The number of ether oxygens (including phenoxy) is 1. The van der Waals surface area contributed by atoms with Gasteiger partial charge in [-0.15, -0.1) is 0 Å². The number of anilines is 2. The van der Waals surface area contributed by atoms with Crippen LogP contribution in [-0.2, 0) is 0 Å². The fourth-order valence-corrected chi connectivity index (χ4v) is 3.74. The molecule has 0 atom stereocenters. The van der Waals surface area contributed by atoms with Gasteiger partial charge in [0.15, 0.2) is 0 Å². The standard InChI is InChI=1S/C17H27N3O/c1-21-16-7-5-6-15(17(16)18)20-12-8-14(9-13-20)19-10-3-2-4-11-19/h5-7,14H,2-4,8-13,18H2,1H3. The summed E-state index contributed by atoms with van der Waals surface area (Å²) >= 11 is 0.